The van der Waals surface area contributed by atoms with Crippen molar-refractivity contribution in [1.82, 2.24) is 9.88 Å². The van der Waals surface area contributed by atoms with Crippen LogP contribution in [0.1, 0.15) is 54.4 Å². The van der Waals surface area contributed by atoms with Gasteiger partial charge in [0, 0.05) is 12.7 Å². The Morgan fingerprint density at radius 3 is 2.71 bits per heavy atom. The molecule has 0 unspecified atom stereocenters. The number of hydrogen-bond acceptors (Lipinski definition) is 3. The normalized spacial score (nSPS) is 18.0. The Bertz CT molecular complexity index is 865. The first-order chi connectivity index (χ1) is 13.6. The van der Waals surface area contributed by atoms with Crippen LogP contribution in [0.4, 0.5) is 5.82 Å². The lowest BCUT2D eigenvalue weighted by atomic mass is 9.84. The third kappa shape index (κ3) is 3.90. The Hall–Kier alpha value is -2.40. The number of hydrogen-bond donors (Lipinski definition) is 1. The van der Waals surface area contributed by atoms with Gasteiger partial charge in [-0.25, -0.2) is 4.98 Å². The fraction of sp³-hybridized carbons (Fsp3) is 0.409. The number of rotatable bonds is 5. The van der Waals surface area contributed by atoms with E-state index in [2.05, 4.69) is 10.3 Å². The van der Waals surface area contributed by atoms with Crippen LogP contribution in [0.15, 0.2) is 42.6 Å². The van der Waals surface area contributed by atoms with Crippen molar-refractivity contribution in [2.75, 3.05) is 5.32 Å². The summed E-state index contributed by atoms with van der Waals surface area (Å²) < 4.78 is 0. The molecule has 1 N–H and O–H groups in total. The van der Waals surface area contributed by atoms with Gasteiger partial charge in [0.1, 0.15) is 11.9 Å². The lowest BCUT2D eigenvalue weighted by Crippen LogP contribution is -2.45. The van der Waals surface area contributed by atoms with Gasteiger partial charge in [0.2, 0.25) is 5.91 Å². The van der Waals surface area contributed by atoms with Gasteiger partial charge in [-0.05, 0) is 36.1 Å². The van der Waals surface area contributed by atoms with Gasteiger partial charge >= 0.3 is 0 Å². The molecule has 1 saturated carbocycles. The number of halogens is 1. The minimum absolute atomic E-state index is 0.155. The lowest BCUT2D eigenvalue weighted by molar-refractivity contribution is -0.121. The van der Waals surface area contributed by atoms with E-state index in [4.69, 9.17) is 11.6 Å². The molecule has 1 aliphatic carbocycles. The van der Waals surface area contributed by atoms with Crippen LogP contribution in [0, 0.1) is 5.92 Å². The first-order valence-electron chi connectivity index (χ1n) is 9.93. The Balaban J connectivity index is 1.58. The zero-order valence-corrected chi connectivity index (χ0v) is 16.5. The van der Waals surface area contributed by atoms with Crippen molar-refractivity contribution in [3.05, 3.63) is 58.7 Å². The largest absolute Gasteiger partial charge is 0.322 e. The maximum atomic E-state index is 13.2. The van der Waals surface area contributed by atoms with Crippen LogP contribution in [-0.4, -0.2) is 27.7 Å². The summed E-state index contributed by atoms with van der Waals surface area (Å²) in [5.74, 6) is 0.627. The zero-order chi connectivity index (χ0) is 19.5. The SMILES string of the molecule is O=C(Nc1ccccn1)[C@H](CC1CCCCC1)N1Cc2cccc(Cl)c2C1=O. The summed E-state index contributed by atoms with van der Waals surface area (Å²) in [6, 6.07) is 10.3. The smallest absolute Gasteiger partial charge is 0.256 e. The number of amides is 2. The van der Waals surface area contributed by atoms with Crippen LogP contribution < -0.4 is 5.32 Å². The van der Waals surface area contributed by atoms with Gasteiger partial charge in [-0.15, -0.1) is 0 Å². The van der Waals surface area contributed by atoms with Gasteiger partial charge in [0.15, 0.2) is 0 Å². The quantitative estimate of drug-likeness (QED) is 0.797. The molecule has 0 spiro atoms. The second-order valence-electron chi connectivity index (χ2n) is 7.67. The molecular formula is C22H24ClN3O2. The fourth-order valence-corrected chi connectivity index (χ4v) is 4.63. The molecule has 4 rings (SSSR count). The maximum absolute atomic E-state index is 13.2. The number of carbonyl (C=O) groups excluding carboxylic acids is 2. The van der Waals surface area contributed by atoms with E-state index in [0.29, 0.717) is 35.3 Å². The van der Waals surface area contributed by atoms with Crippen LogP contribution in [-0.2, 0) is 11.3 Å². The number of benzene rings is 1. The molecule has 1 fully saturated rings. The Labute approximate surface area is 170 Å². The van der Waals surface area contributed by atoms with E-state index in [0.717, 1.165) is 18.4 Å². The standard InChI is InChI=1S/C22H24ClN3O2/c23-17-10-6-9-16-14-26(22(28)20(16)17)18(13-15-7-2-1-3-8-15)21(27)25-19-11-4-5-12-24-19/h4-6,9-12,15,18H,1-3,7-8,13-14H2,(H,24,25,27)/t18-/m0/s1. The molecular weight excluding hydrogens is 374 g/mol. The van der Waals surface area contributed by atoms with Crippen molar-refractivity contribution in [3.63, 3.8) is 0 Å². The van der Waals surface area contributed by atoms with Crippen molar-refractivity contribution in [3.8, 4) is 0 Å². The summed E-state index contributed by atoms with van der Waals surface area (Å²) in [4.78, 5) is 32.2. The van der Waals surface area contributed by atoms with Crippen LogP contribution >= 0.6 is 11.6 Å². The molecule has 5 nitrogen and oxygen atoms in total. The van der Waals surface area contributed by atoms with Crippen molar-refractivity contribution in [2.24, 2.45) is 5.92 Å². The highest BCUT2D eigenvalue weighted by Crippen LogP contribution is 2.34. The Morgan fingerprint density at radius 2 is 2.00 bits per heavy atom. The average molecular weight is 398 g/mol. The molecule has 2 heterocycles. The summed E-state index contributed by atoms with van der Waals surface area (Å²) >= 11 is 6.28. The number of nitrogens with zero attached hydrogens (tertiary/aromatic N) is 2. The van der Waals surface area contributed by atoms with Crippen molar-refractivity contribution >= 4 is 29.2 Å². The molecule has 1 aliphatic heterocycles. The van der Waals surface area contributed by atoms with Crippen LogP contribution in [0.5, 0.6) is 0 Å². The minimum atomic E-state index is -0.527. The number of fused-ring (bicyclic) bond motifs is 1. The molecule has 0 radical (unpaired) electrons. The van der Waals surface area contributed by atoms with Gasteiger partial charge in [0.05, 0.1) is 10.6 Å². The monoisotopic (exact) mass is 397 g/mol. The summed E-state index contributed by atoms with van der Waals surface area (Å²) in [5.41, 5.74) is 1.42. The van der Waals surface area contributed by atoms with Gasteiger partial charge in [-0.3, -0.25) is 9.59 Å². The van der Waals surface area contributed by atoms with Gasteiger partial charge in [0.25, 0.3) is 5.91 Å². The van der Waals surface area contributed by atoms with Gasteiger partial charge in [-0.1, -0.05) is 61.9 Å². The van der Waals surface area contributed by atoms with E-state index in [1.807, 2.05) is 18.2 Å². The molecule has 2 aromatic rings. The van der Waals surface area contributed by atoms with Crippen LogP contribution in [0.2, 0.25) is 5.02 Å². The van der Waals surface area contributed by atoms with E-state index in [-0.39, 0.29) is 11.8 Å². The highest BCUT2D eigenvalue weighted by molar-refractivity contribution is 6.34. The molecule has 0 saturated heterocycles. The van der Waals surface area contributed by atoms with E-state index in [1.54, 1.807) is 29.3 Å². The third-order valence-corrected chi connectivity index (χ3v) is 6.11. The second kappa shape index (κ2) is 8.31. The summed E-state index contributed by atoms with van der Waals surface area (Å²) in [7, 11) is 0. The molecule has 1 atom stereocenters. The predicted octanol–water partition coefficient (Wildman–Crippen LogP) is 4.67. The Morgan fingerprint density at radius 1 is 1.18 bits per heavy atom. The van der Waals surface area contributed by atoms with Crippen molar-refractivity contribution in [2.45, 2.75) is 51.1 Å². The van der Waals surface area contributed by atoms with E-state index < -0.39 is 6.04 Å². The summed E-state index contributed by atoms with van der Waals surface area (Å²) in [5, 5.41) is 3.34. The minimum Gasteiger partial charge on any atom is -0.322 e. The van der Waals surface area contributed by atoms with Gasteiger partial charge in [-0.2, -0.15) is 0 Å². The van der Waals surface area contributed by atoms with Crippen molar-refractivity contribution < 1.29 is 9.59 Å². The highest BCUT2D eigenvalue weighted by Gasteiger charge is 2.38. The second-order valence-corrected chi connectivity index (χ2v) is 8.07. The molecule has 2 amide bonds. The van der Waals surface area contributed by atoms with E-state index >= 15 is 0 Å². The van der Waals surface area contributed by atoms with E-state index in [1.165, 1.54) is 19.3 Å². The molecule has 1 aromatic heterocycles. The number of aromatic nitrogens is 1. The summed E-state index contributed by atoms with van der Waals surface area (Å²) in [6.45, 7) is 0.418. The lowest BCUT2D eigenvalue weighted by Gasteiger charge is -2.31. The molecule has 2 aliphatic rings. The number of anilines is 1. The molecule has 1 aromatic carbocycles. The first kappa shape index (κ1) is 18.9. The van der Waals surface area contributed by atoms with Crippen molar-refractivity contribution in [1.29, 1.82) is 0 Å². The fourth-order valence-electron chi connectivity index (χ4n) is 4.35. The molecule has 146 valence electrons. The maximum Gasteiger partial charge on any atom is 0.256 e. The molecule has 0 bridgehead atoms. The summed E-state index contributed by atoms with van der Waals surface area (Å²) in [6.07, 6.45) is 8.19. The average Bonchev–Trinajstić information content (AvgIpc) is 3.05. The predicted molar refractivity (Wildman–Crippen MR) is 109 cm³/mol. The zero-order valence-electron chi connectivity index (χ0n) is 15.7. The number of nitrogens with one attached hydrogen (secondary N) is 1. The Kier molecular flexibility index (Phi) is 5.62. The van der Waals surface area contributed by atoms with Crippen LogP contribution in [0.25, 0.3) is 0 Å². The van der Waals surface area contributed by atoms with Gasteiger partial charge < -0.3 is 10.2 Å². The van der Waals surface area contributed by atoms with Crippen LogP contribution in [0.3, 0.4) is 0 Å². The van der Waals surface area contributed by atoms with E-state index in [9.17, 15) is 9.59 Å². The molecule has 6 heteroatoms. The topological polar surface area (TPSA) is 62.3 Å². The molecule has 28 heavy (non-hydrogen) atoms. The highest BCUT2D eigenvalue weighted by atomic mass is 35.5. The third-order valence-electron chi connectivity index (χ3n) is 5.79. The number of carbonyl (C=O) groups is 2. The first-order valence-corrected chi connectivity index (χ1v) is 10.3. The number of pyridine rings is 1.